The second kappa shape index (κ2) is 9.10. The van der Waals surface area contributed by atoms with Gasteiger partial charge in [-0.05, 0) is 42.2 Å². The van der Waals surface area contributed by atoms with Gasteiger partial charge in [-0.15, -0.1) is 0 Å². The normalized spacial score (nSPS) is 13.9. The van der Waals surface area contributed by atoms with Crippen molar-refractivity contribution in [3.05, 3.63) is 65.2 Å². The average Bonchev–Trinajstić information content (AvgIpc) is 3.23. The number of carbonyl (C=O) groups is 1. The lowest BCUT2D eigenvalue weighted by Gasteiger charge is -2.24. The summed E-state index contributed by atoms with van der Waals surface area (Å²) in [4.78, 5) is 16.4. The van der Waals surface area contributed by atoms with Crippen LogP contribution in [0.25, 0.3) is 0 Å². The topological polar surface area (TPSA) is 81.5 Å². The summed E-state index contributed by atoms with van der Waals surface area (Å²) in [5.41, 5.74) is 3.18. The maximum Gasteiger partial charge on any atom is 0.237 e. The van der Waals surface area contributed by atoms with E-state index in [1.807, 2.05) is 24.3 Å². The van der Waals surface area contributed by atoms with E-state index in [9.17, 15) is 13.2 Å². The second-order valence-electron chi connectivity index (χ2n) is 7.41. The zero-order valence-corrected chi connectivity index (χ0v) is 17.4. The SMILES string of the molecule is CN(Cc1ccccc1N1CCCC1)C(=O)CS(=O)(=O)Cc1ccc(C#N)cc1. The number of benzene rings is 2. The van der Waals surface area contributed by atoms with Crippen LogP contribution in [0.15, 0.2) is 48.5 Å². The van der Waals surface area contributed by atoms with Crippen molar-refractivity contribution in [2.45, 2.75) is 25.1 Å². The largest absolute Gasteiger partial charge is 0.371 e. The zero-order chi connectivity index (χ0) is 20.9. The van der Waals surface area contributed by atoms with Gasteiger partial charge < -0.3 is 9.80 Å². The van der Waals surface area contributed by atoms with Gasteiger partial charge in [0.1, 0.15) is 5.75 Å². The highest BCUT2D eigenvalue weighted by Crippen LogP contribution is 2.25. The molecule has 1 heterocycles. The van der Waals surface area contributed by atoms with Crippen LogP contribution in [0.2, 0.25) is 0 Å². The fourth-order valence-corrected chi connectivity index (χ4v) is 4.93. The molecule has 29 heavy (non-hydrogen) atoms. The van der Waals surface area contributed by atoms with Crippen molar-refractivity contribution in [1.82, 2.24) is 4.90 Å². The highest BCUT2D eigenvalue weighted by atomic mass is 32.2. The van der Waals surface area contributed by atoms with Crippen LogP contribution >= 0.6 is 0 Å². The summed E-state index contributed by atoms with van der Waals surface area (Å²) in [5, 5.41) is 8.83. The number of nitriles is 1. The first-order valence-corrected chi connectivity index (χ1v) is 11.5. The molecule has 6 nitrogen and oxygen atoms in total. The predicted molar refractivity (Wildman–Crippen MR) is 113 cm³/mol. The predicted octanol–water partition coefficient (Wildman–Crippen LogP) is 2.73. The lowest BCUT2D eigenvalue weighted by Crippen LogP contribution is -2.33. The number of anilines is 1. The highest BCUT2D eigenvalue weighted by Gasteiger charge is 2.22. The van der Waals surface area contributed by atoms with Crippen molar-refractivity contribution >= 4 is 21.4 Å². The van der Waals surface area contributed by atoms with E-state index in [1.165, 1.54) is 4.90 Å². The van der Waals surface area contributed by atoms with E-state index in [4.69, 9.17) is 5.26 Å². The Morgan fingerprint density at radius 3 is 2.41 bits per heavy atom. The summed E-state index contributed by atoms with van der Waals surface area (Å²) in [6, 6.07) is 16.3. The number of amides is 1. The van der Waals surface area contributed by atoms with E-state index in [2.05, 4.69) is 11.0 Å². The number of sulfone groups is 1. The quantitative estimate of drug-likeness (QED) is 0.700. The van der Waals surface area contributed by atoms with Crippen LogP contribution in [0.4, 0.5) is 5.69 Å². The van der Waals surface area contributed by atoms with E-state index in [1.54, 1.807) is 31.3 Å². The molecule has 0 bridgehead atoms. The molecule has 2 aromatic carbocycles. The summed E-state index contributed by atoms with van der Waals surface area (Å²) in [5.74, 6) is -1.17. The van der Waals surface area contributed by atoms with Gasteiger partial charge in [-0.3, -0.25) is 4.79 Å². The van der Waals surface area contributed by atoms with Crippen molar-refractivity contribution in [2.75, 3.05) is 30.8 Å². The standard InChI is InChI=1S/C22H25N3O3S/c1-24(15-20-6-2-3-7-21(20)25-12-4-5-13-25)22(26)17-29(27,28)16-19-10-8-18(14-23)9-11-19/h2-3,6-11H,4-5,12-13,15-17H2,1H3. The average molecular weight is 412 g/mol. The van der Waals surface area contributed by atoms with Gasteiger partial charge in [0.15, 0.2) is 9.84 Å². The molecule has 0 aliphatic carbocycles. The molecule has 1 fully saturated rings. The van der Waals surface area contributed by atoms with Crippen LogP contribution in [0.1, 0.15) is 29.5 Å². The Kier molecular flexibility index (Phi) is 6.55. The number of para-hydroxylation sites is 1. The van der Waals surface area contributed by atoms with Crippen molar-refractivity contribution in [3.63, 3.8) is 0 Å². The molecule has 2 aromatic rings. The third-order valence-electron chi connectivity index (χ3n) is 5.08. The van der Waals surface area contributed by atoms with E-state index >= 15 is 0 Å². The molecule has 1 aliphatic rings. The maximum absolute atomic E-state index is 12.6. The summed E-state index contributed by atoms with van der Waals surface area (Å²) in [7, 11) is -1.96. The van der Waals surface area contributed by atoms with Crippen LogP contribution in [-0.4, -0.2) is 45.1 Å². The minimum Gasteiger partial charge on any atom is -0.371 e. The van der Waals surface area contributed by atoms with Gasteiger partial charge in [-0.1, -0.05) is 30.3 Å². The number of hydrogen-bond acceptors (Lipinski definition) is 5. The molecule has 1 amide bonds. The minimum absolute atomic E-state index is 0.220. The Balaban J connectivity index is 1.63. The number of nitrogens with zero attached hydrogens (tertiary/aromatic N) is 3. The summed E-state index contributed by atoms with van der Waals surface area (Å²) in [6.07, 6.45) is 2.33. The molecule has 0 saturated carbocycles. The lowest BCUT2D eigenvalue weighted by molar-refractivity contribution is -0.127. The van der Waals surface area contributed by atoms with Gasteiger partial charge in [0.2, 0.25) is 5.91 Å². The van der Waals surface area contributed by atoms with Gasteiger partial charge in [0, 0.05) is 32.4 Å². The van der Waals surface area contributed by atoms with Crippen molar-refractivity contribution in [3.8, 4) is 6.07 Å². The molecule has 1 saturated heterocycles. The second-order valence-corrected chi connectivity index (χ2v) is 9.48. The fourth-order valence-electron chi connectivity index (χ4n) is 3.53. The molecule has 0 aromatic heterocycles. The molecule has 0 spiro atoms. The molecule has 0 unspecified atom stereocenters. The van der Waals surface area contributed by atoms with Gasteiger partial charge in [-0.2, -0.15) is 5.26 Å². The van der Waals surface area contributed by atoms with E-state index < -0.39 is 21.5 Å². The third-order valence-corrected chi connectivity index (χ3v) is 6.54. The first kappa shape index (κ1) is 20.9. The van der Waals surface area contributed by atoms with Crippen LogP contribution in [0.5, 0.6) is 0 Å². The molecule has 0 atom stereocenters. The maximum atomic E-state index is 12.6. The molecule has 0 radical (unpaired) electrons. The van der Waals surface area contributed by atoms with Gasteiger partial charge in [0.05, 0.1) is 17.4 Å². The van der Waals surface area contributed by atoms with Gasteiger partial charge in [0.25, 0.3) is 0 Å². The van der Waals surface area contributed by atoms with Gasteiger partial charge >= 0.3 is 0 Å². The third kappa shape index (κ3) is 5.58. The Bertz CT molecular complexity index is 1000. The van der Waals surface area contributed by atoms with Gasteiger partial charge in [-0.25, -0.2) is 8.42 Å². The molecule has 1 aliphatic heterocycles. The summed E-state index contributed by atoms with van der Waals surface area (Å²) >= 11 is 0. The monoisotopic (exact) mass is 411 g/mol. The van der Waals surface area contributed by atoms with Crippen LogP contribution in [0, 0.1) is 11.3 Å². The molecular weight excluding hydrogens is 386 g/mol. The van der Waals surface area contributed by atoms with Crippen LogP contribution in [-0.2, 0) is 26.9 Å². The number of rotatable bonds is 7. The van der Waals surface area contributed by atoms with Crippen LogP contribution < -0.4 is 4.90 Å². The summed E-state index contributed by atoms with van der Waals surface area (Å²) in [6.45, 7) is 2.39. The number of carbonyl (C=O) groups excluding carboxylic acids is 1. The minimum atomic E-state index is -3.60. The van der Waals surface area contributed by atoms with E-state index in [0.717, 1.165) is 37.2 Å². The fraction of sp³-hybridized carbons (Fsp3) is 0.364. The molecule has 152 valence electrons. The molecule has 0 N–H and O–H groups in total. The Labute approximate surface area is 172 Å². The van der Waals surface area contributed by atoms with Crippen molar-refractivity contribution in [1.29, 1.82) is 5.26 Å². The van der Waals surface area contributed by atoms with Crippen LogP contribution in [0.3, 0.4) is 0 Å². The van der Waals surface area contributed by atoms with Crippen molar-refractivity contribution < 1.29 is 13.2 Å². The Morgan fingerprint density at radius 1 is 1.10 bits per heavy atom. The first-order chi connectivity index (χ1) is 13.9. The smallest absolute Gasteiger partial charge is 0.237 e. The number of hydrogen-bond donors (Lipinski definition) is 0. The van der Waals surface area contributed by atoms with Crippen molar-refractivity contribution in [2.24, 2.45) is 0 Å². The first-order valence-electron chi connectivity index (χ1n) is 9.64. The zero-order valence-electron chi connectivity index (χ0n) is 16.5. The Hall–Kier alpha value is -2.85. The Morgan fingerprint density at radius 2 is 1.76 bits per heavy atom. The lowest BCUT2D eigenvalue weighted by atomic mass is 10.1. The molecule has 7 heteroatoms. The molecule has 3 rings (SSSR count). The highest BCUT2D eigenvalue weighted by molar-refractivity contribution is 7.91. The molecular formula is C22H25N3O3S. The van der Waals surface area contributed by atoms with E-state index in [-0.39, 0.29) is 5.75 Å². The van der Waals surface area contributed by atoms with E-state index in [0.29, 0.717) is 17.7 Å². The summed E-state index contributed by atoms with van der Waals surface area (Å²) < 4.78 is 25.0.